The maximum atomic E-state index is 9.91. The van der Waals surface area contributed by atoms with Gasteiger partial charge in [-0.05, 0) is 30.7 Å². The average molecular weight is 264 g/mol. The molecule has 2 rings (SSSR count). The fraction of sp³-hybridized carbons (Fsp3) is 0.625. The highest BCUT2D eigenvalue weighted by atomic mass is 16.5. The molecule has 0 saturated carbocycles. The number of hydrogen-bond acceptors (Lipinski definition) is 3. The molecule has 1 heterocycles. The first kappa shape index (κ1) is 14.5. The van der Waals surface area contributed by atoms with Gasteiger partial charge in [0.05, 0.1) is 18.8 Å². The van der Waals surface area contributed by atoms with Gasteiger partial charge >= 0.3 is 0 Å². The fourth-order valence-corrected chi connectivity index (χ4v) is 2.53. The van der Waals surface area contributed by atoms with E-state index in [1.165, 1.54) is 5.56 Å². The molecule has 106 valence electrons. The lowest BCUT2D eigenvalue weighted by atomic mass is 9.92. The predicted octanol–water partition coefficient (Wildman–Crippen LogP) is 2.77. The highest BCUT2D eigenvalue weighted by Crippen LogP contribution is 2.22. The predicted molar refractivity (Wildman–Crippen MR) is 74.9 cm³/mol. The highest BCUT2D eigenvalue weighted by Gasteiger charge is 2.28. The van der Waals surface area contributed by atoms with Crippen LogP contribution >= 0.6 is 0 Å². The quantitative estimate of drug-likeness (QED) is 0.803. The summed E-state index contributed by atoms with van der Waals surface area (Å²) < 4.78 is 11.3. The molecular formula is C16H24O3. The smallest absolute Gasteiger partial charge is 0.0860 e. The normalized spacial score (nSPS) is 25.2. The van der Waals surface area contributed by atoms with Crippen molar-refractivity contribution < 1.29 is 14.6 Å². The van der Waals surface area contributed by atoms with E-state index in [9.17, 15) is 5.11 Å². The van der Waals surface area contributed by atoms with Crippen molar-refractivity contribution in [1.29, 1.82) is 0 Å². The molecule has 1 N–H and O–H groups in total. The Kier molecular flexibility index (Phi) is 5.83. The molecule has 3 atom stereocenters. The number of hydrogen-bond donors (Lipinski definition) is 1. The van der Waals surface area contributed by atoms with Crippen LogP contribution in [0.2, 0.25) is 0 Å². The molecule has 0 unspecified atom stereocenters. The van der Waals surface area contributed by atoms with Gasteiger partial charge in [0.1, 0.15) is 0 Å². The molecule has 3 heteroatoms. The lowest BCUT2D eigenvalue weighted by Gasteiger charge is -2.32. The Morgan fingerprint density at radius 2 is 2.16 bits per heavy atom. The number of rotatable bonds is 6. The summed E-state index contributed by atoms with van der Waals surface area (Å²) in [7, 11) is 0. The minimum Gasteiger partial charge on any atom is -0.390 e. The van der Waals surface area contributed by atoms with Crippen molar-refractivity contribution in [2.75, 3.05) is 13.2 Å². The third-order valence-electron chi connectivity index (χ3n) is 3.72. The monoisotopic (exact) mass is 264 g/mol. The standard InChI is InChI=1S/C16H24O3/c1-13(16-15(17)8-5-10-19-16)9-11-18-12-14-6-3-2-4-7-14/h2-4,6-7,13,15-17H,5,8-12H2,1H3/t13-,15+,16-/m0/s1. The van der Waals surface area contributed by atoms with Crippen LogP contribution in [-0.4, -0.2) is 30.5 Å². The summed E-state index contributed by atoms with van der Waals surface area (Å²) in [6.07, 6.45) is 2.43. The summed E-state index contributed by atoms with van der Waals surface area (Å²) in [5.74, 6) is 0.339. The Balaban J connectivity index is 1.65. The molecule has 1 fully saturated rings. The van der Waals surface area contributed by atoms with Gasteiger partial charge in [-0.1, -0.05) is 37.3 Å². The van der Waals surface area contributed by atoms with Gasteiger partial charge in [-0.3, -0.25) is 0 Å². The van der Waals surface area contributed by atoms with E-state index in [4.69, 9.17) is 9.47 Å². The van der Waals surface area contributed by atoms with Crippen LogP contribution in [0.5, 0.6) is 0 Å². The summed E-state index contributed by atoms with van der Waals surface area (Å²) in [4.78, 5) is 0. The van der Waals surface area contributed by atoms with Crippen LogP contribution in [0, 0.1) is 5.92 Å². The van der Waals surface area contributed by atoms with Gasteiger partial charge in [0, 0.05) is 13.2 Å². The van der Waals surface area contributed by atoms with Crippen molar-refractivity contribution >= 4 is 0 Å². The van der Waals surface area contributed by atoms with Crippen molar-refractivity contribution in [2.24, 2.45) is 5.92 Å². The Bertz CT molecular complexity index is 352. The largest absolute Gasteiger partial charge is 0.390 e. The van der Waals surface area contributed by atoms with Gasteiger partial charge < -0.3 is 14.6 Å². The summed E-state index contributed by atoms with van der Waals surface area (Å²) >= 11 is 0. The van der Waals surface area contributed by atoms with E-state index in [0.717, 1.165) is 25.9 Å². The summed E-state index contributed by atoms with van der Waals surface area (Å²) in [6, 6.07) is 10.2. The fourth-order valence-electron chi connectivity index (χ4n) is 2.53. The van der Waals surface area contributed by atoms with Crippen LogP contribution in [0.25, 0.3) is 0 Å². The Hall–Kier alpha value is -0.900. The van der Waals surface area contributed by atoms with Gasteiger partial charge in [-0.25, -0.2) is 0 Å². The molecule has 1 aromatic carbocycles. The zero-order valence-electron chi connectivity index (χ0n) is 11.6. The molecule has 0 radical (unpaired) electrons. The van der Waals surface area contributed by atoms with Crippen LogP contribution in [0.15, 0.2) is 30.3 Å². The van der Waals surface area contributed by atoms with Crippen LogP contribution in [0.1, 0.15) is 31.7 Å². The highest BCUT2D eigenvalue weighted by molar-refractivity contribution is 5.13. The van der Waals surface area contributed by atoms with E-state index < -0.39 is 0 Å². The number of ether oxygens (including phenoxy) is 2. The number of benzene rings is 1. The molecule has 0 spiro atoms. The van der Waals surface area contributed by atoms with Crippen LogP contribution in [0.4, 0.5) is 0 Å². The van der Waals surface area contributed by atoms with Crippen molar-refractivity contribution in [1.82, 2.24) is 0 Å². The topological polar surface area (TPSA) is 38.7 Å². The maximum Gasteiger partial charge on any atom is 0.0860 e. The molecular weight excluding hydrogens is 240 g/mol. The van der Waals surface area contributed by atoms with Crippen LogP contribution < -0.4 is 0 Å². The lowest BCUT2D eigenvalue weighted by molar-refractivity contribution is -0.102. The molecule has 1 aliphatic rings. The Morgan fingerprint density at radius 1 is 1.37 bits per heavy atom. The number of aliphatic hydroxyl groups is 1. The minimum atomic E-state index is -0.308. The van der Waals surface area contributed by atoms with E-state index in [-0.39, 0.29) is 12.2 Å². The van der Waals surface area contributed by atoms with Gasteiger partial charge in [-0.15, -0.1) is 0 Å². The van der Waals surface area contributed by atoms with Crippen LogP contribution in [0.3, 0.4) is 0 Å². The molecule has 0 aromatic heterocycles. The summed E-state index contributed by atoms with van der Waals surface area (Å²) in [5.41, 5.74) is 1.20. The van der Waals surface area contributed by atoms with Crippen LogP contribution in [-0.2, 0) is 16.1 Å². The van der Waals surface area contributed by atoms with Crippen molar-refractivity contribution in [3.63, 3.8) is 0 Å². The molecule has 0 amide bonds. The molecule has 0 bridgehead atoms. The van der Waals surface area contributed by atoms with Gasteiger partial charge in [0.15, 0.2) is 0 Å². The van der Waals surface area contributed by atoms with Gasteiger partial charge in [0.2, 0.25) is 0 Å². The van der Waals surface area contributed by atoms with E-state index >= 15 is 0 Å². The minimum absolute atomic E-state index is 0.0194. The third kappa shape index (κ3) is 4.60. The van der Waals surface area contributed by atoms with E-state index in [1.54, 1.807) is 0 Å². The maximum absolute atomic E-state index is 9.91. The molecule has 0 aliphatic carbocycles. The lowest BCUT2D eigenvalue weighted by Crippen LogP contribution is -2.39. The van der Waals surface area contributed by atoms with E-state index in [1.807, 2.05) is 18.2 Å². The SMILES string of the molecule is C[C@@H](CCOCc1ccccc1)[C@@H]1OCCC[C@H]1O. The van der Waals surface area contributed by atoms with E-state index in [2.05, 4.69) is 19.1 Å². The van der Waals surface area contributed by atoms with Crippen molar-refractivity contribution in [3.05, 3.63) is 35.9 Å². The zero-order chi connectivity index (χ0) is 13.5. The Morgan fingerprint density at radius 3 is 2.89 bits per heavy atom. The first-order chi connectivity index (χ1) is 9.27. The second-order valence-electron chi connectivity index (χ2n) is 5.35. The molecule has 1 aromatic rings. The summed E-state index contributed by atoms with van der Waals surface area (Å²) in [6.45, 7) is 4.27. The number of aliphatic hydroxyl groups excluding tert-OH is 1. The molecule has 3 nitrogen and oxygen atoms in total. The van der Waals surface area contributed by atoms with E-state index in [0.29, 0.717) is 19.1 Å². The second kappa shape index (κ2) is 7.63. The molecule has 19 heavy (non-hydrogen) atoms. The van der Waals surface area contributed by atoms with Crippen molar-refractivity contribution in [2.45, 2.75) is 45.0 Å². The average Bonchev–Trinajstić information content (AvgIpc) is 2.45. The molecule has 1 aliphatic heterocycles. The second-order valence-corrected chi connectivity index (χ2v) is 5.35. The summed E-state index contributed by atoms with van der Waals surface area (Å²) in [5, 5.41) is 9.91. The zero-order valence-corrected chi connectivity index (χ0v) is 11.6. The van der Waals surface area contributed by atoms with Crippen molar-refractivity contribution in [3.8, 4) is 0 Å². The first-order valence-electron chi connectivity index (χ1n) is 7.18. The third-order valence-corrected chi connectivity index (χ3v) is 3.72. The molecule has 1 saturated heterocycles. The van der Waals surface area contributed by atoms with Gasteiger partial charge in [0.25, 0.3) is 0 Å². The van der Waals surface area contributed by atoms with Gasteiger partial charge in [-0.2, -0.15) is 0 Å². The Labute approximate surface area is 115 Å². The first-order valence-corrected chi connectivity index (χ1v) is 7.18.